The van der Waals surface area contributed by atoms with E-state index in [-0.39, 0.29) is 24.1 Å². The third-order valence-corrected chi connectivity index (χ3v) is 5.88. The predicted molar refractivity (Wildman–Crippen MR) is 107 cm³/mol. The predicted octanol–water partition coefficient (Wildman–Crippen LogP) is 2.32. The van der Waals surface area contributed by atoms with E-state index in [0.717, 1.165) is 11.3 Å². The van der Waals surface area contributed by atoms with Gasteiger partial charge in [0.2, 0.25) is 5.91 Å². The number of rotatable bonds is 5. The monoisotopic (exact) mass is 399 g/mol. The summed E-state index contributed by atoms with van der Waals surface area (Å²) in [6, 6.07) is 9.32. The maximum Gasteiger partial charge on any atom is 0.262 e. The summed E-state index contributed by atoms with van der Waals surface area (Å²) in [7, 11) is 1.70. The molecule has 1 atom stereocenters. The van der Waals surface area contributed by atoms with Crippen molar-refractivity contribution >= 4 is 27.5 Å². The summed E-state index contributed by atoms with van der Waals surface area (Å²) in [5.74, 6) is 1.20. The molecular weight excluding hydrogens is 378 g/mol. The molecular formula is C20H21N3O4S. The summed E-state index contributed by atoms with van der Waals surface area (Å²) < 4.78 is 13.0. The van der Waals surface area contributed by atoms with Crippen LogP contribution in [0.4, 0.5) is 0 Å². The molecule has 7 nitrogen and oxygen atoms in total. The molecule has 3 aromatic rings. The molecule has 146 valence electrons. The van der Waals surface area contributed by atoms with Gasteiger partial charge in [-0.3, -0.25) is 14.2 Å². The average molecular weight is 399 g/mol. The van der Waals surface area contributed by atoms with Crippen LogP contribution in [0.1, 0.15) is 11.8 Å². The van der Waals surface area contributed by atoms with E-state index in [0.29, 0.717) is 34.9 Å². The van der Waals surface area contributed by atoms with Crippen LogP contribution < -0.4 is 15.0 Å². The Hall–Kier alpha value is -2.87. The van der Waals surface area contributed by atoms with E-state index in [1.807, 2.05) is 37.3 Å². The van der Waals surface area contributed by atoms with Crippen LogP contribution in [0.3, 0.4) is 0 Å². The van der Waals surface area contributed by atoms with Gasteiger partial charge >= 0.3 is 0 Å². The Bertz CT molecular complexity index is 1070. The molecule has 0 spiro atoms. The van der Waals surface area contributed by atoms with Crippen molar-refractivity contribution in [3.05, 3.63) is 51.9 Å². The minimum atomic E-state index is -0.259. The number of benzene rings is 1. The lowest BCUT2D eigenvalue weighted by molar-refractivity contribution is -0.132. The normalized spacial score (nSPS) is 15.6. The Labute approximate surface area is 166 Å². The first-order valence-electron chi connectivity index (χ1n) is 9.15. The Morgan fingerprint density at radius 1 is 1.36 bits per heavy atom. The third kappa shape index (κ3) is 3.60. The van der Waals surface area contributed by atoms with E-state index in [1.165, 1.54) is 22.2 Å². The first-order valence-corrected chi connectivity index (χ1v) is 9.97. The average Bonchev–Trinajstić information content (AvgIpc) is 3.14. The van der Waals surface area contributed by atoms with E-state index in [4.69, 9.17) is 9.47 Å². The fraction of sp³-hybridized carbons (Fsp3) is 0.350. The van der Waals surface area contributed by atoms with Crippen molar-refractivity contribution in [3.63, 3.8) is 0 Å². The number of aryl methyl sites for hydroxylation is 1. The number of thiophene rings is 1. The summed E-state index contributed by atoms with van der Waals surface area (Å²) in [5, 5.41) is 0.570. The lowest BCUT2D eigenvalue weighted by Crippen LogP contribution is -2.43. The van der Waals surface area contributed by atoms with Gasteiger partial charge in [-0.15, -0.1) is 11.3 Å². The fourth-order valence-electron chi connectivity index (χ4n) is 3.12. The van der Waals surface area contributed by atoms with Gasteiger partial charge < -0.3 is 14.4 Å². The van der Waals surface area contributed by atoms with Crippen molar-refractivity contribution in [1.29, 1.82) is 0 Å². The van der Waals surface area contributed by atoms with Gasteiger partial charge in [0, 0.05) is 11.9 Å². The van der Waals surface area contributed by atoms with Crippen LogP contribution in [0.2, 0.25) is 0 Å². The molecule has 0 N–H and O–H groups in total. The number of carbonyl (C=O) groups excluding carboxylic acids is 1. The molecule has 4 rings (SSSR count). The second kappa shape index (κ2) is 7.63. The lowest BCUT2D eigenvalue weighted by Gasteiger charge is -2.29. The molecule has 1 unspecified atom stereocenters. The first-order chi connectivity index (χ1) is 13.5. The van der Waals surface area contributed by atoms with Crippen molar-refractivity contribution in [2.24, 2.45) is 0 Å². The number of nitrogens with zero attached hydrogens (tertiary/aromatic N) is 3. The smallest absolute Gasteiger partial charge is 0.262 e. The molecule has 28 heavy (non-hydrogen) atoms. The van der Waals surface area contributed by atoms with E-state index in [9.17, 15) is 9.59 Å². The zero-order valence-electron chi connectivity index (χ0n) is 15.8. The fourth-order valence-corrected chi connectivity index (χ4v) is 4.05. The van der Waals surface area contributed by atoms with Crippen molar-refractivity contribution < 1.29 is 14.3 Å². The summed E-state index contributed by atoms with van der Waals surface area (Å²) in [6.07, 6.45) is 2.04. The number of hydrogen-bond acceptors (Lipinski definition) is 6. The molecule has 0 aliphatic carbocycles. The van der Waals surface area contributed by atoms with Gasteiger partial charge in [0.15, 0.2) is 17.6 Å². The molecule has 1 amide bonds. The number of ether oxygens (including phenoxy) is 2. The van der Waals surface area contributed by atoms with Crippen LogP contribution in [-0.2, 0) is 17.8 Å². The molecule has 3 heterocycles. The van der Waals surface area contributed by atoms with Crippen molar-refractivity contribution in [3.8, 4) is 11.5 Å². The van der Waals surface area contributed by atoms with Crippen LogP contribution in [0.25, 0.3) is 10.2 Å². The van der Waals surface area contributed by atoms with E-state index in [2.05, 4.69) is 4.98 Å². The Morgan fingerprint density at radius 3 is 2.93 bits per heavy atom. The van der Waals surface area contributed by atoms with Gasteiger partial charge in [-0.25, -0.2) is 4.98 Å². The number of aromatic nitrogens is 2. The molecule has 0 saturated heterocycles. The zero-order valence-corrected chi connectivity index (χ0v) is 16.6. The van der Waals surface area contributed by atoms with E-state index >= 15 is 0 Å². The molecule has 0 radical (unpaired) electrons. The third-order valence-electron chi connectivity index (χ3n) is 4.69. The standard InChI is InChI=1S/C20H21N3O4S/c1-3-14-8-15-19(28-14)21-12-23(20(15)25)10-18(24)22(2)9-13-11-26-16-6-4-5-7-17(16)27-13/h4-8,12-13H,3,9-11H2,1-2H3. The molecule has 1 aliphatic heterocycles. The SMILES string of the molecule is CCc1cc2c(=O)n(CC(=O)N(C)CC3COc4ccccc4O3)cnc2s1. The molecule has 0 fully saturated rings. The Balaban J connectivity index is 1.43. The largest absolute Gasteiger partial charge is 0.486 e. The van der Waals surface area contributed by atoms with Crippen molar-refractivity contribution in [2.75, 3.05) is 20.2 Å². The molecule has 0 bridgehead atoms. The Morgan fingerprint density at radius 2 is 2.14 bits per heavy atom. The first kappa shape index (κ1) is 18.5. The summed E-state index contributed by atoms with van der Waals surface area (Å²) in [4.78, 5) is 33.0. The molecule has 1 aromatic carbocycles. The van der Waals surface area contributed by atoms with Crippen molar-refractivity contribution in [2.45, 2.75) is 26.0 Å². The topological polar surface area (TPSA) is 73.7 Å². The molecule has 0 saturated carbocycles. The molecule has 2 aromatic heterocycles. The molecule has 8 heteroatoms. The second-order valence-corrected chi connectivity index (χ2v) is 7.85. The van der Waals surface area contributed by atoms with Crippen molar-refractivity contribution in [1.82, 2.24) is 14.5 Å². The number of fused-ring (bicyclic) bond motifs is 2. The highest BCUT2D eigenvalue weighted by atomic mass is 32.1. The van der Waals surface area contributed by atoms with Gasteiger partial charge in [-0.05, 0) is 24.6 Å². The number of para-hydroxylation sites is 2. The quantitative estimate of drug-likeness (QED) is 0.658. The van der Waals surface area contributed by atoms with Crippen LogP contribution in [0.15, 0.2) is 41.5 Å². The highest BCUT2D eigenvalue weighted by molar-refractivity contribution is 7.18. The summed E-state index contributed by atoms with van der Waals surface area (Å²) in [5.41, 5.74) is -0.186. The van der Waals surface area contributed by atoms with E-state index in [1.54, 1.807) is 11.9 Å². The number of carbonyl (C=O) groups is 1. The summed E-state index contributed by atoms with van der Waals surface area (Å²) >= 11 is 1.51. The number of amides is 1. The number of likely N-dealkylation sites (N-methyl/N-ethyl adjacent to an activating group) is 1. The van der Waals surface area contributed by atoms with Gasteiger partial charge in [0.25, 0.3) is 5.56 Å². The van der Waals surface area contributed by atoms with E-state index < -0.39 is 0 Å². The minimum Gasteiger partial charge on any atom is -0.486 e. The zero-order chi connectivity index (χ0) is 19.7. The number of hydrogen-bond donors (Lipinski definition) is 0. The lowest BCUT2D eigenvalue weighted by atomic mass is 10.2. The Kier molecular flexibility index (Phi) is 5.04. The summed E-state index contributed by atoms with van der Waals surface area (Å²) in [6.45, 7) is 2.73. The highest BCUT2D eigenvalue weighted by Crippen LogP contribution is 2.31. The maximum atomic E-state index is 12.7. The maximum absolute atomic E-state index is 12.7. The van der Waals surface area contributed by atoms with Gasteiger partial charge in [0.1, 0.15) is 18.0 Å². The van der Waals surface area contributed by atoms with Crippen LogP contribution >= 0.6 is 11.3 Å². The van der Waals surface area contributed by atoms with Crippen LogP contribution in [0.5, 0.6) is 11.5 Å². The molecule has 1 aliphatic rings. The van der Waals surface area contributed by atoms with Gasteiger partial charge in [-0.2, -0.15) is 0 Å². The minimum absolute atomic E-state index is 0.0558. The van der Waals surface area contributed by atoms with Crippen LogP contribution in [-0.4, -0.2) is 46.7 Å². The van der Waals surface area contributed by atoms with Gasteiger partial charge in [0.05, 0.1) is 18.3 Å². The van der Waals surface area contributed by atoms with Gasteiger partial charge in [-0.1, -0.05) is 19.1 Å². The highest BCUT2D eigenvalue weighted by Gasteiger charge is 2.24. The second-order valence-electron chi connectivity index (χ2n) is 6.73. The van der Waals surface area contributed by atoms with Crippen LogP contribution in [0, 0.1) is 0 Å².